The fourth-order valence-corrected chi connectivity index (χ4v) is 4.50. The van der Waals surface area contributed by atoms with Crippen molar-refractivity contribution < 1.29 is 13.2 Å². The van der Waals surface area contributed by atoms with Crippen LogP contribution in [0.4, 0.5) is 5.13 Å². The van der Waals surface area contributed by atoms with E-state index in [2.05, 4.69) is 21.9 Å². The Morgan fingerprint density at radius 2 is 1.88 bits per heavy atom. The Balaban J connectivity index is 1.68. The van der Waals surface area contributed by atoms with Gasteiger partial charge in [-0.15, -0.1) is 0 Å². The number of carbonyl (C=O) groups excluding carboxylic acids is 1. The number of sulfone groups is 1. The fraction of sp³-hybridized carbons (Fsp3) is 0.176. The highest BCUT2D eigenvalue weighted by Gasteiger charge is 2.19. The number of aryl methyl sites for hydroxylation is 2. The van der Waals surface area contributed by atoms with Crippen molar-refractivity contribution in [3.63, 3.8) is 0 Å². The van der Waals surface area contributed by atoms with Gasteiger partial charge in [0, 0.05) is 0 Å². The van der Waals surface area contributed by atoms with Crippen molar-refractivity contribution in [2.45, 2.75) is 18.7 Å². The van der Waals surface area contributed by atoms with Gasteiger partial charge in [0.2, 0.25) is 5.13 Å². The summed E-state index contributed by atoms with van der Waals surface area (Å²) in [6, 6.07) is 11.9. The molecule has 0 radical (unpaired) electrons. The number of amides is 1. The van der Waals surface area contributed by atoms with Crippen molar-refractivity contribution in [1.82, 2.24) is 10.4 Å². The highest BCUT2D eigenvalue weighted by Crippen LogP contribution is 2.29. The van der Waals surface area contributed by atoms with Gasteiger partial charge >= 0.3 is 0 Å². The number of hydrogen-bond acceptors (Lipinski definition) is 6. The maximum atomic E-state index is 12.2. The van der Waals surface area contributed by atoms with Crippen molar-refractivity contribution in [2.24, 2.45) is 0 Å². The monoisotopic (exact) mass is 375 g/mol. The lowest BCUT2D eigenvalue weighted by Gasteiger charge is -2.06. The van der Waals surface area contributed by atoms with E-state index in [0.29, 0.717) is 5.13 Å². The molecular formula is C17H17N3O3S2. The van der Waals surface area contributed by atoms with Crippen LogP contribution in [0.2, 0.25) is 0 Å². The second-order valence-corrected chi connectivity index (χ2v) is 8.68. The zero-order chi connectivity index (χ0) is 18.0. The molecule has 6 nitrogen and oxygen atoms in total. The Hall–Kier alpha value is -2.45. The minimum atomic E-state index is -3.67. The van der Waals surface area contributed by atoms with E-state index < -0.39 is 21.5 Å². The molecular weight excluding hydrogens is 358 g/mol. The van der Waals surface area contributed by atoms with Gasteiger partial charge < -0.3 is 0 Å². The third-order valence-electron chi connectivity index (χ3n) is 3.55. The van der Waals surface area contributed by atoms with Gasteiger partial charge in [0.25, 0.3) is 5.91 Å². The lowest BCUT2D eigenvalue weighted by molar-refractivity contribution is -0.118. The number of fused-ring (bicyclic) bond motifs is 1. The average Bonchev–Trinajstić information content (AvgIpc) is 2.97. The molecule has 130 valence electrons. The number of benzene rings is 2. The number of carbonyl (C=O) groups is 1. The van der Waals surface area contributed by atoms with Crippen molar-refractivity contribution in [2.75, 3.05) is 11.2 Å². The Morgan fingerprint density at radius 1 is 1.16 bits per heavy atom. The molecule has 0 saturated heterocycles. The molecule has 2 aromatic carbocycles. The second kappa shape index (κ2) is 6.81. The molecule has 2 N–H and O–H groups in total. The summed E-state index contributed by atoms with van der Waals surface area (Å²) in [5.74, 6) is -1.27. The van der Waals surface area contributed by atoms with Crippen LogP contribution in [0.5, 0.6) is 0 Å². The number of hydrazine groups is 1. The van der Waals surface area contributed by atoms with Gasteiger partial charge in [-0.05, 0) is 43.2 Å². The Labute approximate surface area is 149 Å². The summed E-state index contributed by atoms with van der Waals surface area (Å²) in [6.45, 7) is 4.00. The fourth-order valence-electron chi connectivity index (χ4n) is 2.47. The van der Waals surface area contributed by atoms with E-state index in [4.69, 9.17) is 0 Å². The van der Waals surface area contributed by atoms with E-state index in [-0.39, 0.29) is 4.90 Å². The molecule has 1 heterocycles. The minimum Gasteiger partial charge on any atom is -0.273 e. The van der Waals surface area contributed by atoms with Gasteiger partial charge in [0.1, 0.15) is 5.75 Å². The molecule has 0 aliphatic carbocycles. The Bertz CT molecular complexity index is 1030. The average molecular weight is 375 g/mol. The van der Waals surface area contributed by atoms with E-state index in [0.717, 1.165) is 21.3 Å². The molecule has 1 amide bonds. The van der Waals surface area contributed by atoms with Crippen molar-refractivity contribution in [1.29, 1.82) is 0 Å². The molecule has 0 atom stereocenters. The van der Waals surface area contributed by atoms with Crippen LogP contribution < -0.4 is 10.9 Å². The second-order valence-electron chi connectivity index (χ2n) is 5.69. The maximum absolute atomic E-state index is 12.2. The number of hydrogen-bond donors (Lipinski definition) is 2. The summed E-state index contributed by atoms with van der Waals surface area (Å²) >= 11 is 1.40. The van der Waals surface area contributed by atoms with Crippen LogP contribution in [0.3, 0.4) is 0 Å². The number of thiazole rings is 1. The van der Waals surface area contributed by atoms with Crippen LogP contribution in [0.25, 0.3) is 10.2 Å². The molecule has 0 unspecified atom stereocenters. The molecule has 3 aromatic rings. The molecule has 0 spiro atoms. The van der Waals surface area contributed by atoms with Crippen molar-refractivity contribution >= 4 is 42.4 Å². The van der Waals surface area contributed by atoms with Crippen LogP contribution in [0, 0.1) is 13.8 Å². The van der Waals surface area contributed by atoms with Crippen molar-refractivity contribution in [3.8, 4) is 0 Å². The summed E-state index contributed by atoms with van der Waals surface area (Å²) in [5, 5.41) is 0.508. The standard InChI is InChI=1S/C17H17N3O3S2/c1-11-8-12(2)16-14(9-11)18-17(24-16)20-19-15(21)10-25(22,23)13-6-4-3-5-7-13/h3-9H,10H2,1-2H3,(H,18,20)(H,19,21). The van der Waals surface area contributed by atoms with Crippen LogP contribution in [0.1, 0.15) is 11.1 Å². The topological polar surface area (TPSA) is 88.2 Å². The molecule has 0 aliphatic heterocycles. The first kappa shape index (κ1) is 17.4. The number of rotatable bonds is 5. The van der Waals surface area contributed by atoms with Crippen LogP contribution >= 0.6 is 11.3 Å². The zero-order valence-corrected chi connectivity index (χ0v) is 15.4. The largest absolute Gasteiger partial charge is 0.273 e. The van der Waals surface area contributed by atoms with E-state index >= 15 is 0 Å². The first-order valence-electron chi connectivity index (χ1n) is 7.55. The Morgan fingerprint density at radius 3 is 2.60 bits per heavy atom. The van der Waals surface area contributed by atoms with Gasteiger partial charge in [-0.2, -0.15) is 0 Å². The smallest absolute Gasteiger partial charge is 0.253 e. The molecule has 1 aromatic heterocycles. The number of nitrogens with one attached hydrogen (secondary N) is 2. The summed E-state index contributed by atoms with van der Waals surface area (Å²) in [6.07, 6.45) is 0. The molecule has 8 heteroatoms. The van der Waals surface area contributed by atoms with Gasteiger partial charge in [-0.25, -0.2) is 13.4 Å². The third kappa shape index (κ3) is 3.97. The normalized spacial score (nSPS) is 11.4. The predicted octanol–water partition coefficient (Wildman–Crippen LogP) is 2.83. The maximum Gasteiger partial charge on any atom is 0.253 e. The van der Waals surface area contributed by atoms with Crippen LogP contribution in [0.15, 0.2) is 47.4 Å². The zero-order valence-electron chi connectivity index (χ0n) is 13.7. The van der Waals surface area contributed by atoms with Crippen LogP contribution in [-0.2, 0) is 14.6 Å². The molecule has 0 saturated carbocycles. The van der Waals surface area contributed by atoms with Gasteiger partial charge in [0.15, 0.2) is 9.84 Å². The Kier molecular flexibility index (Phi) is 4.73. The van der Waals surface area contributed by atoms with E-state index in [9.17, 15) is 13.2 Å². The lowest BCUT2D eigenvalue weighted by Crippen LogP contribution is -2.34. The van der Waals surface area contributed by atoms with E-state index in [1.54, 1.807) is 18.2 Å². The third-order valence-corrected chi connectivity index (χ3v) is 6.31. The summed E-state index contributed by atoms with van der Waals surface area (Å²) in [4.78, 5) is 16.5. The van der Waals surface area contributed by atoms with Crippen molar-refractivity contribution in [3.05, 3.63) is 53.6 Å². The van der Waals surface area contributed by atoms with Gasteiger partial charge in [-0.1, -0.05) is 35.6 Å². The van der Waals surface area contributed by atoms with E-state index in [1.807, 2.05) is 19.9 Å². The highest BCUT2D eigenvalue weighted by molar-refractivity contribution is 7.92. The summed E-state index contributed by atoms with van der Waals surface area (Å²) in [7, 11) is -3.67. The van der Waals surface area contributed by atoms with E-state index in [1.165, 1.54) is 23.5 Å². The van der Waals surface area contributed by atoms with Gasteiger partial charge in [0.05, 0.1) is 15.1 Å². The molecule has 0 aliphatic rings. The number of nitrogens with zero attached hydrogens (tertiary/aromatic N) is 1. The molecule has 25 heavy (non-hydrogen) atoms. The first-order valence-corrected chi connectivity index (χ1v) is 10.0. The molecule has 0 bridgehead atoms. The summed E-state index contributed by atoms with van der Waals surface area (Å²) < 4.78 is 25.4. The minimum absolute atomic E-state index is 0.122. The lowest BCUT2D eigenvalue weighted by atomic mass is 10.1. The highest BCUT2D eigenvalue weighted by atomic mass is 32.2. The quantitative estimate of drug-likeness (QED) is 0.670. The molecule has 0 fully saturated rings. The molecule has 3 rings (SSSR count). The summed E-state index contributed by atoms with van der Waals surface area (Å²) in [5.41, 5.74) is 8.16. The number of aromatic nitrogens is 1. The SMILES string of the molecule is Cc1cc(C)c2sc(NNC(=O)CS(=O)(=O)c3ccccc3)nc2c1. The first-order chi connectivity index (χ1) is 11.8. The predicted molar refractivity (Wildman–Crippen MR) is 99.4 cm³/mol. The number of anilines is 1. The van der Waals surface area contributed by atoms with Crippen LogP contribution in [-0.4, -0.2) is 25.1 Å². The van der Waals surface area contributed by atoms with Gasteiger partial charge in [-0.3, -0.25) is 15.6 Å².